The number of carbonyl (C=O) groups is 1. The molecule has 3 rings (SSSR count). The maximum atomic E-state index is 11.3. The summed E-state index contributed by atoms with van der Waals surface area (Å²) in [5, 5.41) is 9.24. The monoisotopic (exact) mass is 296 g/mol. The summed E-state index contributed by atoms with van der Waals surface area (Å²) in [6.07, 6.45) is 1.79. The zero-order valence-electron chi connectivity index (χ0n) is 12.9. The summed E-state index contributed by atoms with van der Waals surface area (Å²) in [5.41, 5.74) is 3.62. The molecule has 1 aliphatic rings. The van der Waals surface area contributed by atoms with Crippen LogP contribution in [0.1, 0.15) is 41.4 Å². The van der Waals surface area contributed by atoms with Gasteiger partial charge in [-0.1, -0.05) is 26.0 Å². The number of pyridine rings is 1. The SMILES string of the molecule is CC(C)C1CN(Cc2ccccn2)c2cc(C(=O)O)ccc21. The standard InChI is InChI=1S/C18H20N2O2/c1-12(2)16-11-20(10-14-5-3-4-8-19-14)17-9-13(18(21)22)6-7-15(16)17/h3-9,12,16H,10-11H2,1-2H3,(H,21,22). The van der Waals surface area contributed by atoms with Crippen LogP contribution in [-0.2, 0) is 6.54 Å². The summed E-state index contributed by atoms with van der Waals surface area (Å²) in [6.45, 7) is 6.04. The van der Waals surface area contributed by atoms with Crippen molar-refractivity contribution >= 4 is 11.7 Å². The van der Waals surface area contributed by atoms with Crippen LogP contribution in [0.5, 0.6) is 0 Å². The molecule has 0 amide bonds. The lowest BCUT2D eigenvalue weighted by molar-refractivity contribution is 0.0697. The van der Waals surface area contributed by atoms with Crippen molar-refractivity contribution in [3.63, 3.8) is 0 Å². The van der Waals surface area contributed by atoms with Crippen molar-refractivity contribution in [1.82, 2.24) is 4.98 Å². The van der Waals surface area contributed by atoms with Crippen molar-refractivity contribution in [1.29, 1.82) is 0 Å². The zero-order valence-corrected chi connectivity index (χ0v) is 12.9. The van der Waals surface area contributed by atoms with E-state index in [4.69, 9.17) is 0 Å². The number of aromatic carboxylic acids is 1. The minimum absolute atomic E-state index is 0.342. The van der Waals surface area contributed by atoms with Crippen LogP contribution < -0.4 is 4.90 Å². The van der Waals surface area contributed by atoms with Gasteiger partial charge < -0.3 is 10.0 Å². The van der Waals surface area contributed by atoms with E-state index >= 15 is 0 Å². The Hall–Kier alpha value is -2.36. The van der Waals surface area contributed by atoms with Gasteiger partial charge in [-0.05, 0) is 35.7 Å². The predicted molar refractivity (Wildman–Crippen MR) is 86.3 cm³/mol. The van der Waals surface area contributed by atoms with E-state index in [0.717, 1.165) is 17.9 Å². The second kappa shape index (κ2) is 5.79. The first-order valence-electron chi connectivity index (χ1n) is 7.58. The lowest BCUT2D eigenvalue weighted by Gasteiger charge is -2.20. The van der Waals surface area contributed by atoms with Crippen LogP contribution in [0.15, 0.2) is 42.6 Å². The Kier molecular flexibility index (Phi) is 3.84. The van der Waals surface area contributed by atoms with Crippen molar-refractivity contribution in [2.24, 2.45) is 5.92 Å². The summed E-state index contributed by atoms with van der Waals surface area (Å²) in [6, 6.07) is 11.4. The summed E-state index contributed by atoms with van der Waals surface area (Å²) in [4.78, 5) is 17.9. The highest BCUT2D eigenvalue weighted by atomic mass is 16.4. The fourth-order valence-electron chi connectivity index (χ4n) is 3.11. The first-order chi connectivity index (χ1) is 10.6. The second-order valence-electron chi connectivity index (χ2n) is 6.13. The van der Waals surface area contributed by atoms with Gasteiger partial charge in [0.05, 0.1) is 17.8 Å². The number of benzene rings is 1. The van der Waals surface area contributed by atoms with Crippen molar-refractivity contribution in [2.45, 2.75) is 26.3 Å². The van der Waals surface area contributed by atoms with Gasteiger partial charge in [0, 0.05) is 24.3 Å². The lowest BCUT2D eigenvalue weighted by Crippen LogP contribution is -2.23. The summed E-state index contributed by atoms with van der Waals surface area (Å²) in [7, 11) is 0. The number of nitrogens with zero attached hydrogens (tertiary/aromatic N) is 2. The minimum atomic E-state index is -0.881. The highest BCUT2D eigenvalue weighted by Crippen LogP contribution is 2.41. The molecule has 1 unspecified atom stereocenters. The van der Waals surface area contributed by atoms with Gasteiger partial charge in [-0.2, -0.15) is 0 Å². The summed E-state index contributed by atoms with van der Waals surface area (Å²) < 4.78 is 0. The number of rotatable bonds is 4. The van der Waals surface area contributed by atoms with Gasteiger partial charge in [-0.15, -0.1) is 0 Å². The lowest BCUT2D eigenvalue weighted by atomic mass is 9.90. The quantitative estimate of drug-likeness (QED) is 0.937. The Morgan fingerprint density at radius 1 is 1.36 bits per heavy atom. The summed E-state index contributed by atoms with van der Waals surface area (Å²) >= 11 is 0. The molecule has 0 bridgehead atoms. The van der Waals surface area contributed by atoms with E-state index in [1.54, 1.807) is 18.3 Å². The highest BCUT2D eigenvalue weighted by molar-refractivity contribution is 5.89. The molecule has 2 heterocycles. The van der Waals surface area contributed by atoms with E-state index in [1.165, 1.54) is 5.56 Å². The molecule has 1 aromatic heterocycles. The Labute approximate surface area is 130 Å². The van der Waals surface area contributed by atoms with Crippen LogP contribution >= 0.6 is 0 Å². The average Bonchev–Trinajstić information content (AvgIpc) is 2.86. The molecule has 1 aromatic carbocycles. The third-order valence-corrected chi connectivity index (χ3v) is 4.32. The van der Waals surface area contributed by atoms with Crippen LogP contribution in [-0.4, -0.2) is 22.6 Å². The number of hydrogen-bond acceptors (Lipinski definition) is 3. The van der Waals surface area contributed by atoms with E-state index in [0.29, 0.717) is 23.9 Å². The molecule has 4 nitrogen and oxygen atoms in total. The normalized spacial score (nSPS) is 16.9. The number of carboxylic acids is 1. The van der Waals surface area contributed by atoms with Gasteiger partial charge in [0.2, 0.25) is 0 Å². The number of carboxylic acid groups (broad SMARTS) is 1. The molecule has 2 aromatic rings. The van der Waals surface area contributed by atoms with Crippen LogP contribution in [0.25, 0.3) is 0 Å². The van der Waals surface area contributed by atoms with Crippen molar-refractivity contribution in [3.05, 3.63) is 59.4 Å². The molecule has 4 heteroatoms. The molecule has 1 aliphatic heterocycles. The zero-order chi connectivity index (χ0) is 15.7. The third kappa shape index (κ3) is 2.69. The Morgan fingerprint density at radius 2 is 2.18 bits per heavy atom. The fraction of sp³-hybridized carbons (Fsp3) is 0.333. The Balaban J connectivity index is 1.97. The largest absolute Gasteiger partial charge is 0.478 e. The van der Waals surface area contributed by atoms with E-state index in [-0.39, 0.29) is 0 Å². The average molecular weight is 296 g/mol. The summed E-state index contributed by atoms with van der Waals surface area (Å²) in [5.74, 6) is 0.0679. The number of anilines is 1. The molecule has 0 radical (unpaired) electrons. The van der Waals surface area contributed by atoms with Gasteiger partial charge in [0.25, 0.3) is 0 Å². The van der Waals surface area contributed by atoms with Gasteiger partial charge in [-0.3, -0.25) is 4.98 Å². The van der Waals surface area contributed by atoms with Gasteiger partial charge in [-0.25, -0.2) is 4.79 Å². The highest BCUT2D eigenvalue weighted by Gasteiger charge is 2.31. The molecule has 0 spiro atoms. The van der Waals surface area contributed by atoms with Crippen molar-refractivity contribution < 1.29 is 9.90 Å². The van der Waals surface area contributed by atoms with Crippen LogP contribution in [0.3, 0.4) is 0 Å². The molecule has 0 fully saturated rings. The number of fused-ring (bicyclic) bond motifs is 1. The Morgan fingerprint density at radius 3 is 2.82 bits per heavy atom. The molecule has 1 N–H and O–H groups in total. The minimum Gasteiger partial charge on any atom is -0.478 e. The van der Waals surface area contributed by atoms with E-state index in [1.807, 2.05) is 24.3 Å². The molecule has 1 atom stereocenters. The fourth-order valence-corrected chi connectivity index (χ4v) is 3.11. The van der Waals surface area contributed by atoms with E-state index in [9.17, 15) is 9.90 Å². The van der Waals surface area contributed by atoms with Gasteiger partial charge in [0.1, 0.15) is 0 Å². The first kappa shape index (κ1) is 14.6. The second-order valence-corrected chi connectivity index (χ2v) is 6.13. The topological polar surface area (TPSA) is 53.4 Å². The maximum absolute atomic E-state index is 11.3. The van der Waals surface area contributed by atoms with Crippen LogP contribution in [0.4, 0.5) is 5.69 Å². The molecule has 0 aliphatic carbocycles. The maximum Gasteiger partial charge on any atom is 0.335 e. The smallest absolute Gasteiger partial charge is 0.335 e. The predicted octanol–water partition coefficient (Wildman–Crippen LogP) is 3.54. The van der Waals surface area contributed by atoms with Crippen LogP contribution in [0, 0.1) is 5.92 Å². The van der Waals surface area contributed by atoms with Gasteiger partial charge in [0.15, 0.2) is 0 Å². The van der Waals surface area contributed by atoms with E-state index < -0.39 is 5.97 Å². The molecule has 0 saturated heterocycles. The van der Waals surface area contributed by atoms with Crippen molar-refractivity contribution in [3.8, 4) is 0 Å². The van der Waals surface area contributed by atoms with E-state index in [2.05, 4.69) is 23.7 Å². The Bertz CT molecular complexity index is 683. The number of hydrogen-bond donors (Lipinski definition) is 1. The molecule has 114 valence electrons. The molecular formula is C18H20N2O2. The first-order valence-corrected chi connectivity index (χ1v) is 7.58. The van der Waals surface area contributed by atoms with Gasteiger partial charge >= 0.3 is 5.97 Å². The number of aromatic nitrogens is 1. The molecular weight excluding hydrogens is 276 g/mol. The van der Waals surface area contributed by atoms with Crippen LogP contribution in [0.2, 0.25) is 0 Å². The third-order valence-electron chi connectivity index (χ3n) is 4.32. The van der Waals surface area contributed by atoms with Crippen molar-refractivity contribution in [2.75, 3.05) is 11.4 Å². The molecule has 0 saturated carbocycles. The molecule has 22 heavy (non-hydrogen) atoms.